The highest BCUT2D eigenvalue weighted by Crippen LogP contribution is 2.34. The molecule has 0 amide bonds. The second-order valence-corrected chi connectivity index (χ2v) is 7.44. The molecule has 1 aliphatic rings. The third-order valence-electron chi connectivity index (χ3n) is 5.48. The summed E-state index contributed by atoms with van der Waals surface area (Å²) < 4.78 is 9.20. The van der Waals surface area contributed by atoms with Crippen molar-refractivity contribution in [3.8, 4) is 0 Å². The molecule has 0 radical (unpaired) electrons. The highest BCUT2D eigenvalue weighted by molar-refractivity contribution is 5.79. The van der Waals surface area contributed by atoms with Gasteiger partial charge in [-0.1, -0.05) is 6.92 Å². The molecule has 0 spiro atoms. The summed E-state index contributed by atoms with van der Waals surface area (Å²) in [6.07, 6.45) is 6.23. The molecular weight excluding hydrogens is 356 g/mol. The summed E-state index contributed by atoms with van der Waals surface area (Å²) in [6, 6.07) is 1.98. The molecule has 0 aromatic carbocycles. The van der Waals surface area contributed by atoms with Crippen molar-refractivity contribution in [1.29, 1.82) is 0 Å². The summed E-state index contributed by atoms with van der Waals surface area (Å²) in [5, 5.41) is 12.3. The molecule has 0 aliphatic carbocycles. The normalized spacial score (nSPS) is 20.1. The number of pyridine rings is 1. The van der Waals surface area contributed by atoms with Gasteiger partial charge in [0.15, 0.2) is 5.65 Å². The van der Waals surface area contributed by atoms with Crippen LogP contribution in [0.15, 0.2) is 24.8 Å². The van der Waals surface area contributed by atoms with E-state index in [1.54, 1.807) is 4.52 Å². The zero-order chi connectivity index (χ0) is 19.3. The molecule has 1 N–H and O–H groups in total. The van der Waals surface area contributed by atoms with Crippen LogP contribution in [0.25, 0.3) is 16.7 Å². The van der Waals surface area contributed by atoms with E-state index in [1.807, 2.05) is 37.1 Å². The maximum atomic E-state index is 5.60. The molecule has 4 aromatic heterocycles. The average Bonchev–Trinajstić information content (AvgIpc) is 3.26. The number of hydrogen-bond donors (Lipinski definition) is 1. The van der Waals surface area contributed by atoms with Crippen LogP contribution in [-0.2, 0) is 11.8 Å². The Morgan fingerprint density at radius 3 is 3.04 bits per heavy atom. The number of ether oxygens (including phenoxy) is 1. The second kappa shape index (κ2) is 6.52. The van der Waals surface area contributed by atoms with Crippen LogP contribution in [0.5, 0.6) is 0 Å². The Kier molecular flexibility index (Phi) is 3.97. The number of nitrogens with zero attached hydrogens (tertiary/aromatic N) is 7. The lowest BCUT2D eigenvalue weighted by atomic mass is 9.87. The fourth-order valence-corrected chi connectivity index (χ4v) is 3.87. The van der Waals surface area contributed by atoms with Crippen LogP contribution < -0.4 is 5.32 Å². The predicted molar refractivity (Wildman–Crippen MR) is 105 cm³/mol. The van der Waals surface area contributed by atoms with E-state index in [2.05, 4.69) is 27.3 Å². The number of aromatic nitrogens is 7. The third-order valence-corrected chi connectivity index (χ3v) is 5.48. The number of fused-ring (bicyclic) bond motifs is 2. The molecule has 0 bridgehead atoms. The van der Waals surface area contributed by atoms with Crippen LogP contribution in [0, 0.1) is 12.8 Å². The van der Waals surface area contributed by atoms with E-state index >= 15 is 0 Å². The Balaban J connectivity index is 1.55. The van der Waals surface area contributed by atoms with Gasteiger partial charge in [0.25, 0.3) is 0 Å². The van der Waals surface area contributed by atoms with E-state index in [0.29, 0.717) is 17.8 Å². The molecule has 1 saturated heterocycles. The molecule has 9 nitrogen and oxygen atoms in total. The number of rotatable bonds is 3. The van der Waals surface area contributed by atoms with Crippen molar-refractivity contribution in [2.45, 2.75) is 26.2 Å². The van der Waals surface area contributed by atoms with Gasteiger partial charge >= 0.3 is 0 Å². The molecule has 9 heteroatoms. The van der Waals surface area contributed by atoms with Crippen molar-refractivity contribution >= 4 is 28.3 Å². The minimum Gasteiger partial charge on any atom is -0.381 e. The predicted octanol–water partition coefficient (Wildman–Crippen LogP) is 2.60. The molecule has 144 valence electrons. The van der Waals surface area contributed by atoms with Gasteiger partial charge in [0.05, 0.1) is 23.8 Å². The first kappa shape index (κ1) is 17.1. The van der Waals surface area contributed by atoms with Gasteiger partial charge in [-0.05, 0) is 30.9 Å². The minimum absolute atomic E-state index is 0.341. The molecule has 5 rings (SSSR count). The smallest absolute Gasteiger partial charge is 0.227 e. The molecule has 5 heterocycles. The number of anilines is 2. The van der Waals surface area contributed by atoms with Gasteiger partial charge in [-0.3, -0.25) is 4.68 Å². The Morgan fingerprint density at radius 2 is 2.18 bits per heavy atom. The lowest BCUT2D eigenvalue weighted by Crippen LogP contribution is -2.24. The quantitative estimate of drug-likeness (QED) is 0.585. The Hall–Kier alpha value is -3.07. The van der Waals surface area contributed by atoms with Gasteiger partial charge in [-0.25, -0.2) is 19.5 Å². The maximum Gasteiger partial charge on any atom is 0.227 e. The fourth-order valence-electron chi connectivity index (χ4n) is 3.87. The van der Waals surface area contributed by atoms with E-state index in [-0.39, 0.29) is 0 Å². The summed E-state index contributed by atoms with van der Waals surface area (Å²) in [4.78, 5) is 13.5. The fraction of sp³-hybridized carbons (Fsp3) is 0.421. The SMILES string of the molecule is Cc1cc2ncnn2cc1Nc1ncc2c(n1)c(C1CCOCC1C)nn2C. The third kappa shape index (κ3) is 2.78. The highest BCUT2D eigenvalue weighted by Gasteiger charge is 2.28. The zero-order valence-electron chi connectivity index (χ0n) is 16.1. The van der Waals surface area contributed by atoms with Crippen molar-refractivity contribution in [1.82, 2.24) is 34.3 Å². The van der Waals surface area contributed by atoms with Gasteiger partial charge in [-0.2, -0.15) is 10.2 Å². The molecule has 0 saturated carbocycles. The van der Waals surface area contributed by atoms with Crippen molar-refractivity contribution < 1.29 is 4.74 Å². The number of hydrogen-bond acceptors (Lipinski definition) is 7. The lowest BCUT2D eigenvalue weighted by molar-refractivity contribution is 0.0464. The molecule has 2 unspecified atom stereocenters. The first-order valence-corrected chi connectivity index (χ1v) is 9.44. The van der Waals surface area contributed by atoms with Gasteiger partial charge < -0.3 is 10.1 Å². The molecular formula is C19H22N8O. The topological polar surface area (TPSA) is 95.1 Å². The summed E-state index contributed by atoms with van der Waals surface area (Å²) in [5.41, 5.74) is 5.61. The zero-order valence-corrected chi connectivity index (χ0v) is 16.1. The maximum absolute atomic E-state index is 5.60. The molecule has 1 fully saturated rings. The Bertz CT molecular complexity index is 1160. The summed E-state index contributed by atoms with van der Waals surface area (Å²) in [5.74, 6) is 1.30. The number of nitrogens with one attached hydrogen (secondary N) is 1. The van der Waals surface area contributed by atoms with E-state index in [0.717, 1.165) is 53.3 Å². The largest absolute Gasteiger partial charge is 0.381 e. The summed E-state index contributed by atoms with van der Waals surface area (Å²) in [6.45, 7) is 5.76. The van der Waals surface area contributed by atoms with Crippen LogP contribution in [-0.4, -0.2) is 47.6 Å². The van der Waals surface area contributed by atoms with Crippen LogP contribution in [0.3, 0.4) is 0 Å². The number of aryl methyl sites for hydroxylation is 2. The lowest BCUT2D eigenvalue weighted by Gasteiger charge is -2.27. The van der Waals surface area contributed by atoms with Gasteiger partial charge in [-0.15, -0.1) is 0 Å². The van der Waals surface area contributed by atoms with Crippen molar-refractivity contribution in [3.05, 3.63) is 36.0 Å². The summed E-state index contributed by atoms with van der Waals surface area (Å²) >= 11 is 0. The Labute approximate surface area is 161 Å². The molecule has 28 heavy (non-hydrogen) atoms. The first-order valence-electron chi connectivity index (χ1n) is 9.44. The molecule has 2 atom stereocenters. The van der Waals surface area contributed by atoms with Gasteiger partial charge in [0.2, 0.25) is 5.95 Å². The summed E-state index contributed by atoms with van der Waals surface area (Å²) in [7, 11) is 1.94. The standard InChI is InChI=1S/C19H22N8O/c1-11-6-16-21-10-22-27(16)8-14(11)23-19-20-7-15-18(24-19)17(25-26(15)3)13-4-5-28-9-12(13)2/h6-8,10,12-13H,4-5,9H2,1-3H3,(H,20,23,24). The molecule has 4 aromatic rings. The Morgan fingerprint density at radius 1 is 1.29 bits per heavy atom. The van der Waals surface area contributed by atoms with E-state index in [4.69, 9.17) is 14.8 Å². The van der Waals surface area contributed by atoms with Crippen LogP contribution >= 0.6 is 0 Å². The van der Waals surface area contributed by atoms with E-state index < -0.39 is 0 Å². The van der Waals surface area contributed by atoms with Crippen molar-refractivity contribution in [2.24, 2.45) is 13.0 Å². The minimum atomic E-state index is 0.341. The van der Waals surface area contributed by atoms with Gasteiger partial charge in [0, 0.05) is 26.2 Å². The molecule has 1 aliphatic heterocycles. The van der Waals surface area contributed by atoms with Crippen LogP contribution in [0.1, 0.15) is 30.5 Å². The van der Waals surface area contributed by atoms with Gasteiger partial charge in [0.1, 0.15) is 17.4 Å². The average molecular weight is 378 g/mol. The van der Waals surface area contributed by atoms with Crippen LogP contribution in [0.4, 0.5) is 11.6 Å². The first-order chi connectivity index (χ1) is 13.6. The van der Waals surface area contributed by atoms with E-state index in [9.17, 15) is 0 Å². The second-order valence-electron chi connectivity index (χ2n) is 7.44. The monoisotopic (exact) mass is 378 g/mol. The van der Waals surface area contributed by atoms with Crippen LogP contribution in [0.2, 0.25) is 0 Å². The van der Waals surface area contributed by atoms with E-state index in [1.165, 1.54) is 6.33 Å². The van der Waals surface area contributed by atoms with Crippen molar-refractivity contribution in [3.63, 3.8) is 0 Å². The highest BCUT2D eigenvalue weighted by atomic mass is 16.5. The van der Waals surface area contributed by atoms with Crippen molar-refractivity contribution in [2.75, 3.05) is 18.5 Å².